The highest BCUT2D eigenvalue weighted by Crippen LogP contribution is 2.33. The normalized spacial score (nSPS) is 16.3. The smallest absolute Gasteiger partial charge is 0.338 e. The molecule has 3 heterocycles. The molecule has 0 fully saturated rings. The van der Waals surface area contributed by atoms with Crippen LogP contribution in [-0.4, -0.2) is 17.1 Å². The third-order valence-electron chi connectivity index (χ3n) is 4.88. The molecule has 0 unspecified atom stereocenters. The molecule has 0 spiro atoms. The van der Waals surface area contributed by atoms with Gasteiger partial charge in [-0.3, -0.25) is 9.36 Å². The first-order valence-electron chi connectivity index (χ1n) is 9.95. The Kier molecular flexibility index (Phi) is 6.46. The molecule has 0 radical (unpaired) electrons. The Balaban J connectivity index is 1.91. The molecular weight excluding hydrogens is 471 g/mol. The number of allylic oxidation sites excluding steroid dienone is 1. The molecule has 0 amide bonds. The van der Waals surface area contributed by atoms with Crippen LogP contribution in [0, 0.1) is 11.7 Å². The number of aromatic nitrogens is 1. The number of thiazole rings is 1. The van der Waals surface area contributed by atoms with Gasteiger partial charge in [-0.25, -0.2) is 14.2 Å². The molecule has 1 atom stereocenters. The highest BCUT2D eigenvalue weighted by Gasteiger charge is 2.34. The van der Waals surface area contributed by atoms with Crippen molar-refractivity contribution in [2.45, 2.75) is 26.8 Å². The lowest BCUT2D eigenvalue weighted by molar-refractivity contribution is -0.140. The molecule has 1 aromatic carbocycles. The number of esters is 1. The minimum absolute atomic E-state index is 0.138. The molecule has 4 rings (SSSR count). The number of rotatable bonds is 5. The fourth-order valence-corrected chi connectivity index (χ4v) is 5.47. The Morgan fingerprint density at radius 1 is 1.34 bits per heavy atom. The summed E-state index contributed by atoms with van der Waals surface area (Å²) in [5.41, 5.74) is 0.595. The molecule has 2 aromatic heterocycles. The van der Waals surface area contributed by atoms with Crippen molar-refractivity contribution in [2.24, 2.45) is 10.9 Å². The molecule has 1 aliphatic heterocycles. The van der Waals surface area contributed by atoms with Crippen molar-refractivity contribution in [3.8, 4) is 0 Å². The van der Waals surface area contributed by atoms with E-state index in [2.05, 4.69) is 4.99 Å². The zero-order valence-electron chi connectivity index (χ0n) is 17.6. The van der Waals surface area contributed by atoms with Gasteiger partial charge < -0.3 is 4.74 Å². The average molecular weight is 491 g/mol. The lowest BCUT2D eigenvalue weighted by Crippen LogP contribution is -2.39. The van der Waals surface area contributed by atoms with Crippen LogP contribution in [0.3, 0.4) is 0 Å². The van der Waals surface area contributed by atoms with E-state index in [0.717, 1.165) is 16.2 Å². The SMILES string of the molecule is CC1=C(C(=O)OCC(C)C)[C@H](c2cccs2)n2c(s/c(=C\c3c(F)cccc3Cl)c2=O)=N1. The molecule has 166 valence electrons. The summed E-state index contributed by atoms with van der Waals surface area (Å²) < 4.78 is 21.6. The second kappa shape index (κ2) is 9.13. The number of fused-ring (bicyclic) bond motifs is 1. The Hall–Kier alpha value is -2.55. The van der Waals surface area contributed by atoms with Crippen molar-refractivity contribution >= 4 is 46.3 Å². The summed E-state index contributed by atoms with van der Waals surface area (Å²) >= 11 is 8.72. The summed E-state index contributed by atoms with van der Waals surface area (Å²) in [6.07, 6.45) is 1.43. The molecule has 9 heteroatoms. The minimum atomic E-state index is -0.663. The zero-order chi connectivity index (χ0) is 23.0. The van der Waals surface area contributed by atoms with E-state index in [9.17, 15) is 14.0 Å². The van der Waals surface area contributed by atoms with E-state index >= 15 is 0 Å². The maximum atomic E-state index is 14.3. The molecule has 0 saturated carbocycles. The quantitative estimate of drug-likeness (QED) is 0.501. The molecule has 0 bridgehead atoms. The molecule has 0 saturated heterocycles. The molecular formula is C23H20ClFN2O3S2. The number of nitrogens with zero attached hydrogens (tertiary/aromatic N) is 2. The number of thiophene rings is 1. The summed E-state index contributed by atoms with van der Waals surface area (Å²) in [7, 11) is 0. The summed E-state index contributed by atoms with van der Waals surface area (Å²) in [6, 6.07) is 7.43. The van der Waals surface area contributed by atoms with Gasteiger partial charge in [0.05, 0.1) is 27.4 Å². The van der Waals surface area contributed by atoms with Crippen LogP contribution >= 0.6 is 34.3 Å². The maximum absolute atomic E-state index is 14.3. The molecule has 0 aliphatic carbocycles. The van der Waals surface area contributed by atoms with Gasteiger partial charge in [-0.05, 0) is 42.5 Å². The van der Waals surface area contributed by atoms with Gasteiger partial charge >= 0.3 is 5.97 Å². The first-order valence-corrected chi connectivity index (χ1v) is 12.0. The number of benzene rings is 1. The van der Waals surface area contributed by atoms with E-state index in [1.807, 2.05) is 31.4 Å². The second-order valence-corrected chi connectivity index (χ2v) is 10.1. The monoisotopic (exact) mass is 490 g/mol. The summed E-state index contributed by atoms with van der Waals surface area (Å²) in [5, 5.41) is 2.09. The average Bonchev–Trinajstić information content (AvgIpc) is 3.37. The van der Waals surface area contributed by atoms with Gasteiger partial charge in [-0.1, -0.05) is 48.9 Å². The van der Waals surface area contributed by atoms with Gasteiger partial charge in [0.2, 0.25) is 0 Å². The van der Waals surface area contributed by atoms with Crippen molar-refractivity contribution in [1.29, 1.82) is 0 Å². The van der Waals surface area contributed by atoms with Crippen LogP contribution in [0.25, 0.3) is 6.08 Å². The van der Waals surface area contributed by atoms with Crippen LogP contribution in [0.4, 0.5) is 4.39 Å². The van der Waals surface area contributed by atoms with Crippen molar-refractivity contribution < 1.29 is 13.9 Å². The van der Waals surface area contributed by atoms with Crippen LogP contribution < -0.4 is 14.9 Å². The van der Waals surface area contributed by atoms with Crippen LogP contribution in [-0.2, 0) is 9.53 Å². The van der Waals surface area contributed by atoms with Crippen molar-refractivity contribution in [2.75, 3.05) is 6.61 Å². The minimum Gasteiger partial charge on any atom is -0.462 e. The lowest BCUT2D eigenvalue weighted by Gasteiger charge is -2.23. The number of halogens is 2. The third kappa shape index (κ3) is 4.22. The molecule has 3 aromatic rings. The fraction of sp³-hybridized carbons (Fsp3) is 0.261. The van der Waals surface area contributed by atoms with E-state index in [4.69, 9.17) is 16.3 Å². The molecule has 0 N–H and O–H groups in total. The Morgan fingerprint density at radius 3 is 2.78 bits per heavy atom. The number of carbonyl (C=O) groups excluding carboxylic acids is 1. The van der Waals surface area contributed by atoms with Gasteiger partial charge in [0.1, 0.15) is 11.9 Å². The Bertz CT molecular complexity index is 1370. The van der Waals surface area contributed by atoms with Crippen LogP contribution in [0.1, 0.15) is 37.3 Å². The summed E-state index contributed by atoms with van der Waals surface area (Å²) in [6.45, 7) is 5.91. The third-order valence-corrected chi connectivity index (χ3v) is 7.11. The van der Waals surface area contributed by atoms with Crippen LogP contribution in [0.5, 0.6) is 0 Å². The number of hydrogen-bond donors (Lipinski definition) is 0. The number of hydrogen-bond acceptors (Lipinski definition) is 6. The Labute approximate surface area is 196 Å². The number of ether oxygens (including phenoxy) is 1. The van der Waals surface area contributed by atoms with E-state index in [-0.39, 0.29) is 33.2 Å². The first kappa shape index (κ1) is 22.6. The molecule has 1 aliphatic rings. The topological polar surface area (TPSA) is 60.7 Å². The Morgan fingerprint density at radius 2 is 2.12 bits per heavy atom. The standard InChI is InChI=1S/C23H20ClFN2O3S2/c1-12(2)11-30-22(29)19-13(3)26-23-27(20(19)17-8-5-9-31-17)21(28)18(32-23)10-14-15(24)6-4-7-16(14)25/h4-10,12,20H,11H2,1-3H3/b18-10-/t20-/m0/s1. The summed E-state index contributed by atoms with van der Waals surface area (Å²) in [4.78, 5) is 32.2. The fourth-order valence-electron chi connectivity index (χ4n) is 3.40. The maximum Gasteiger partial charge on any atom is 0.338 e. The van der Waals surface area contributed by atoms with Crippen molar-refractivity contribution in [1.82, 2.24) is 4.57 Å². The first-order chi connectivity index (χ1) is 15.3. The predicted octanol–water partition coefficient (Wildman–Crippen LogP) is 4.29. The highest BCUT2D eigenvalue weighted by atomic mass is 35.5. The number of carbonyl (C=O) groups is 1. The summed E-state index contributed by atoms with van der Waals surface area (Å²) in [5.74, 6) is -0.844. The molecule has 5 nitrogen and oxygen atoms in total. The largest absolute Gasteiger partial charge is 0.462 e. The van der Waals surface area contributed by atoms with Gasteiger partial charge in [0, 0.05) is 10.4 Å². The van der Waals surface area contributed by atoms with Crippen molar-refractivity contribution in [3.63, 3.8) is 0 Å². The highest BCUT2D eigenvalue weighted by molar-refractivity contribution is 7.10. The lowest BCUT2D eigenvalue weighted by atomic mass is 10.0. The van der Waals surface area contributed by atoms with E-state index in [0.29, 0.717) is 16.1 Å². The molecule has 32 heavy (non-hydrogen) atoms. The van der Waals surface area contributed by atoms with Gasteiger partial charge in [-0.2, -0.15) is 0 Å². The second-order valence-electron chi connectivity index (χ2n) is 7.72. The zero-order valence-corrected chi connectivity index (χ0v) is 20.0. The van der Waals surface area contributed by atoms with Crippen LogP contribution in [0.2, 0.25) is 5.02 Å². The van der Waals surface area contributed by atoms with Crippen LogP contribution in [0.15, 0.2) is 56.8 Å². The van der Waals surface area contributed by atoms with Gasteiger partial charge in [0.15, 0.2) is 4.80 Å². The van der Waals surface area contributed by atoms with Gasteiger partial charge in [0.25, 0.3) is 5.56 Å². The van der Waals surface area contributed by atoms with Gasteiger partial charge in [-0.15, -0.1) is 11.3 Å². The van der Waals surface area contributed by atoms with E-state index in [1.54, 1.807) is 13.0 Å². The predicted molar refractivity (Wildman–Crippen MR) is 125 cm³/mol. The van der Waals surface area contributed by atoms with E-state index in [1.165, 1.54) is 34.1 Å². The van der Waals surface area contributed by atoms with Crippen molar-refractivity contribution in [3.05, 3.63) is 88.0 Å². The van der Waals surface area contributed by atoms with E-state index < -0.39 is 17.8 Å².